The summed E-state index contributed by atoms with van der Waals surface area (Å²) in [6, 6.07) is 1.85. The van der Waals surface area contributed by atoms with Crippen LogP contribution in [0.3, 0.4) is 0 Å². The van der Waals surface area contributed by atoms with Crippen LogP contribution >= 0.6 is 0 Å². The number of sulfone groups is 1. The van der Waals surface area contributed by atoms with Crippen molar-refractivity contribution in [2.75, 3.05) is 12.8 Å². The van der Waals surface area contributed by atoms with Gasteiger partial charge in [-0.15, -0.1) is 0 Å². The Morgan fingerprint density at radius 1 is 1.47 bits per heavy atom. The predicted molar refractivity (Wildman–Crippen MR) is 59.3 cm³/mol. The van der Waals surface area contributed by atoms with Gasteiger partial charge in [-0.2, -0.15) is 0 Å². The lowest BCUT2D eigenvalue weighted by Gasteiger charge is -2.22. The van der Waals surface area contributed by atoms with E-state index < -0.39 is 14.6 Å². The van der Waals surface area contributed by atoms with Gasteiger partial charge in [0.15, 0.2) is 9.84 Å². The molecule has 0 spiro atoms. The summed E-state index contributed by atoms with van der Waals surface area (Å²) in [4.78, 5) is 0. The van der Waals surface area contributed by atoms with Crippen LogP contribution in [-0.4, -0.2) is 26.0 Å². The molecule has 0 unspecified atom stereocenters. The molecule has 1 aromatic heterocycles. The molecular weight excluding hydrogens is 214 g/mol. The third-order valence-corrected chi connectivity index (χ3v) is 4.62. The van der Waals surface area contributed by atoms with Gasteiger partial charge in [0.1, 0.15) is 0 Å². The van der Waals surface area contributed by atoms with E-state index >= 15 is 0 Å². The normalized spacial score (nSPS) is 13.0. The lowest BCUT2D eigenvalue weighted by molar-refractivity contribution is 0.518. The topological polar surface area (TPSA) is 59.3 Å². The summed E-state index contributed by atoms with van der Waals surface area (Å²) in [6.07, 6.45) is 4.49. The van der Waals surface area contributed by atoms with Crippen molar-refractivity contribution in [3.05, 3.63) is 24.2 Å². The summed E-state index contributed by atoms with van der Waals surface area (Å²) in [6.45, 7) is 4.47. The van der Waals surface area contributed by atoms with Crippen LogP contribution in [0.5, 0.6) is 0 Å². The van der Waals surface area contributed by atoms with Gasteiger partial charge < -0.3 is 9.73 Å². The number of furan rings is 1. The van der Waals surface area contributed by atoms with Crippen LogP contribution in [0.4, 0.5) is 0 Å². The summed E-state index contributed by atoms with van der Waals surface area (Å²) in [7, 11) is -3.03. The van der Waals surface area contributed by atoms with E-state index in [1.54, 1.807) is 26.4 Å². The first-order valence-electron chi connectivity index (χ1n) is 4.74. The van der Waals surface area contributed by atoms with Crippen LogP contribution in [0.15, 0.2) is 23.0 Å². The monoisotopic (exact) mass is 231 g/mol. The fraction of sp³-hybridized carbons (Fsp3) is 0.600. The third kappa shape index (κ3) is 3.35. The number of nitrogens with one attached hydrogen (secondary N) is 1. The molecule has 0 aliphatic rings. The zero-order valence-electron chi connectivity index (χ0n) is 9.28. The molecule has 0 fully saturated rings. The van der Waals surface area contributed by atoms with Crippen molar-refractivity contribution in [2.24, 2.45) is 0 Å². The first-order valence-corrected chi connectivity index (χ1v) is 6.63. The maximum atomic E-state index is 11.4. The van der Waals surface area contributed by atoms with Crippen molar-refractivity contribution in [2.45, 2.75) is 25.1 Å². The van der Waals surface area contributed by atoms with Crippen LogP contribution in [0.25, 0.3) is 0 Å². The maximum absolute atomic E-state index is 11.4. The lowest BCUT2D eigenvalue weighted by Crippen LogP contribution is -2.41. The Morgan fingerprint density at radius 3 is 2.60 bits per heavy atom. The second-order valence-corrected chi connectivity index (χ2v) is 6.92. The minimum Gasteiger partial charge on any atom is -0.472 e. The van der Waals surface area contributed by atoms with E-state index in [4.69, 9.17) is 4.42 Å². The molecule has 15 heavy (non-hydrogen) atoms. The average molecular weight is 231 g/mol. The first-order chi connectivity index (χ1) is 6.83. The van der Waals surface area contributed by atoms with Crippen LogP contribution in [0.2, 0.25) is 0 Å². The quantitative estimate of drug-likeness (QED) is 0.827. The van der Waals surface area contributed by atoms with Crippen molar-refractivity contribution in [1.82, 2.24) is 5.32 Å². The summed E-state index contributed by atoms with van der Waals surface area (Å²) in [5.74, 6) is 0. The molecular formula is C10H17NO3S. The maximum Gasteiger partial charge on any atom is 0.153 e. The molecule has 86 valence electrons. The Bertz CT molecular complexity index is 392. The van der Waals surface area contributed by atoms with Gasteiger partial charge in [0, 0.05) is 24.9 Å². The molecule has 0 aliphatic heterocycles. The zero-order valence-corrected chi connectivity index (χ0v) is 10.1. The third-order valence-electron chi connectivity index (χ3n) is 2.46. The largest absolute Gasteiger partial charge is 0.472 e. The number of rotatable bonds is 5. The van der Waals surface area contributed by atoms with Gasteiger partial charge in [-0.05, 0) is 19.9 Å². The highest BCUT2D eigenvalue weighted by atomic mass is 32.2. The molecule has 0 radical (unpaired) electrons. The molecule has 0 saturated heterocycles. The van der Waals surface area contributed by atoms with E-state index in [1.165, 1.54) is 6.26 Å². The molecule has 0 aliphatic carbocycles. The minimum atomic E-state index is -3.03. The molecule has 1 rings (SSSR count). The Hall–Kier alpha value is -0.810. The Labute approximate surface area is 90.6 Å². The van der Waals surface area contributed by atoms with Gasteiger partial charge in [0.05, 0.1) is 17.3 Å². The van der Waals surface area contributed by atoms with E-state index in [0.717, 1.165) is 5.56 Å². The van der Waals surface area contributed by atoms with E-state index in [1.807, 2.05) is 6.07 Å². The van der Waals surface area contributed by atoms with Crippen LogP contribution in [0, 0.1) is 0 Å². The summed E-state index contributed by atoms with van der Waals surface area (Å²) >= 11 is 0. The van der Waals surface area contributed by atoms with Gasteiger partial charge in [-0.25, -0.2) is 8.42 Å². The molecule has 1 N–H and O–H groups in total. The molecule has 1 aromatic rings. The van der Waals surface area contributed by atoms with Gasteiger partial charge in [-0.3, -0.25) is 0 Å². The van der Waals surface area contributed by atoms with Gasteiger partial charge >= 0.3 is 0 Å². The van der Waals surface area contributed by atoms with Gasteiger partial charge in [0.2, 0.25) is 0 Å². The van der Waals surface area contributed by atoms with Crippen LogP contribution in [0.1, 0.15) is 19.4 Å². The molecule has 0 saturated carbocycles. The van der Waals surface area contributed by atoms with Crippen LogP contribution < -0.4 is 5.32 Å². The molecule has 1 heterocycles. The van der Waals surface area contributed by atoms with E-state index in [0.29, 0.717) is 13.1 Å². The minimum absolute atomic E-state index is 0.428. The highest BCUT2D eigenvalue weighted by molar-refractivity contribution is 7.92. The van der Waals surface area contributed by atoms with Gasteiger partial charge in [0.25, 0.3) is 0 Å². The zero-order chi connectivity index (χ0) is 11.5. The Balaban J connectivity index is 2.44. The van der Waals surface area contributed by atoms with E-state index in [-0.39, 0.29) is 0 Å². The van der Waals surface area contributed by atoms with E-state index in [2.05, 4.69) is 5.32 Å². The van der Waals surface area contributed by atoms with E-state index in [9.17, 15) is 8.42 Å². The SMILES string of the molecule is CC(C)(CNCc1ccoc1)S(C)(=O)=O. The second kappa shape index (κ2) is 4.37. The summed E-state index contributed by atoms with van der Waals surface area (Å²) in [5, 5.41) is 3.10. The molecule has 5 heteroatoms. The number of hydrogen-bond acceptors (Lipinski definition) is 4. The van der Waals surface area contributed by atoms with Crippen molar-refractivity contribution < 1.29 is 12.8 Å². The Morgan fingerprint density at radius 2 is 2.13 bits per heavy atom. The lowest BCUT2D eigenvalue weighted by atomic mass is 10.2. The first kappa shape index (κ1) is 12.3. The highest BCUT2D eigenvalue weighted by Crippen LogP contribution is 2.13. The fourth-order valence-electron chi connectivity index (χ4n) is 1.03. The molecule has 0 bridgehead atoms. The molecule has 0 amide bonds. The standard InChI is InChI=1S/C10H17NO3S/c1-10(2,15(3,12)13)8-11-6-9-4-5-14-7-9/h4-5,7,11H,6,8H2,1-3H3. The van der Waals surface area contributed by atoms with Crippen LogP contribution in [-0.2, 0) is 16.4 Å². The smallest absolute Gasteiger partial charge is 0.153 e. The molecule has 4 nitrogen and oxygen atoms in total. The van der Waals surface area contributed by atoms with Gasteiger partial charge in [-0.1, -0.05) is 0 Å². The molecule has 0 aromatic carbocycles. The Kier molecular flexibility index (Phi) is 3.57. The van der Waals surface area contributed by atoms with Crippen molar-refractivity contribution in [1.29, 1.82) is 0 Å². The fourth-order valence-corrected chi connectivity index (χ4v) is 1.40. The van der Waals surface area contributed by atoms with Crippen molar-refractivity contribution in [3.63, 3.8) is 0 Å². The second-order valence-electron chi connectivity index (χ2n) is 4.27. The summed E-state index contributed by atoms with van der Waals surface area (Å²) < 4.78 is 26.9. The van der Waals surface area contributed by atoms with Crippen molar-refractivity contribution >= 4 is 9.84 Å². The average Bonchev–Trinajstić information content (AvgIpc) is 2.54. The highest BCUT2D eigenvalue weighted by Gasteiger charge is 2.29. The number of hydrogen-bond donors (Lipinski definition) is 1. The molecule has 0 atom stereocenters. The predicted octanol–water partition coefficient (Wildman–Crippen LogP) is 1.19. The van der Waals surface area contributed by atoms with Crippen molar-refractivity contribution in [3.8, 4) is 0 Å². The summed E-state index contributed by atoms with van der Waals surface area (Å²) in [5.41, 5.74) is 1.01.